The molecule has 1 aliphatic rings. The lowest BCUT2D eigenvalue weighted by atomic mass is 10.0. The van der Waals surface area contributed by atoms with Gasteiger partial charge in [-0.1, -0.05) is 42.1 Å². The lowest BCUT2D eigenvalue weighted by Gasteiger charge is -2.31. The molecule has 0 N–H and O–H groups in total. The third kappa shape index (κ3) is 4.74. The number of carbonyl (C=O) groups is 1. The minimum atomic E-state index is -0.368. The van der Waals surface area contributed by atoms with E-state index in [2.05, 4.69) is 6.07 Å². The van der Waals surface area contributed by atoms with Gasteiger partial charge in [0, 0.05) is 32.0 Å². The van der Waals surface area contributed by atoms with Gasteiger partial charge in [-0.15, -0.1) is 0 Å². The number of amides is 1. The molecular formula is C25H29N3O3S. The predicted octanol–water partition coefficient (Wildman–Crippen LogP) is 4.28. The fourth-order valence-corrected chi connectivity index (χ4v) is 5.09. The highest BCUT2D eigenvalue weighted by Crippen LogP contribution is 2.30. The summed E-state index contributed by atoms with van der Waals surface area (Å²) in [6.45, 7) is 6.31. The van der Waals surface area contributed by atoms with Crippen LogP contribution in [0.3, 0.4) is 0 Å². The zero-order valence-electron chi connectivity index (χ0n) is 18.6. The molecule has 0 fully saturated rings. The molecule has 1 aliphatic heterocycles. The van der Waals surface area contributed by atoms with Gasteiger partial charge >= 0.3 is 0 Å². The normalized spacial score (nSPS) is 14.4. The smallest absolute Gasteiger partial charge is 0.262 e. The van der Waals surface area contributed by atoms with Gasteiger partial charge in [-0.25, -0.2) is 4.98 Å². The molecule has 2 aromatic carbocycles. The van der Waals surface area contributed by atoms with E-state index in [0.29, 0.717) is 48.8 Å². The van der Waals surface area contributed by atoms with E-state index < -0.39 is 0 Å². The number of anilines is 1. The summed E-state index contributed by atoms with van der Waals surface area (Å²) >= 11 is 1.36. The molecule has 1 aromatic heterocycles. The minimum absolute atomic E-state index is 0.0467. The maximum absolute atomic E-state index is 13.4. The van der Waals surface area contributed by atoms with Gasteiger partial charge < -0.3 is 9.64 Å². The first-order valence-electron chi connectivity index (χ1n) is 11.2. The first-order valence-corrected chi connectivity index (χ1v) is 12.1. The van der Waals surface area contributed by atoms with Crippen LogP contribution in [0.2, 0.25) is 0 Å². The molecule has 32 heavy (non-hydrogen) atoms. The summed E-state index contributed by atoms with van der Waals surface area (Å²) in [6, 6.07) is 15.5. The number of para-hydroxylation sites is 2. The molecule has 4 rings (SSSR count). The van der Waals surface area contributed by atoms with Crippen molar-refractivity contribution in [1.82, 2.24) is 9.55 Å². The van der Waals surface area contributed by atoms with E-state index in [9.17, 15) is 9.59 Å². The fourth-order valence-electron chi connectivity index (χ4n) is 4.09. The zero-order chi connectivity index (χ0) is 22.5. The van der Waals surface area contributed by atoms with Crippen molar-refractivity contribution in [3.05, 3.63) is 64.4 Å². The van der Waals surface area contributed by atoms with Crippen LogP contribution in [0.5, 0.6) is 0 Å². The van der Waals surface area contributed by atoms with Crippen molar-refractivity contribution in [2.24, 2.45) is 0 Å². The lowest BCUT2D eigenvalue weighted by Crippen LogP contribution is -2.40. The highest BCUT2D eigenvalue weighted by molar-refractivity contribution is 8.00. The number of fused-ring (bicyclic) bond motifs is 2. The van der Waals surface area contributed by atoms with Crippen LogP contribution in [-0.2, 0) is 22.5 Å². The maximum atomic E-state index is 13.4. The van der Waals surface area contributed by atoms with E-state index >= 15 is 0 Å². The van der Waals surface area contributed by atoms with E-state index in [1.807, 2.05) is 55.1 Å². The van der Waals surface area contributed by atoms with Crippen molar-refractivity contribution in [2.75, 3.05) is 24.7 Å². The van der Waals surface area contributed by atoms with Gasteiger partial charge in [-0.2, -0.15) is 0 Å². The lowest BCUT2D eigenvalue weighted by molar-refractivity contribution is -0.117. The maximum Gasteiger partial charge on any atom is 0.262 e. The third-order valence-corrected chi connectivity index (χ3v) is 6.79. The Hall–Kier alpha value is -2.64. The van der Waals surface area contributed by atoms with Gasteiger partial charge in [-0.05, 0) is 56.9 Å². The zero-order valence-corrected chi connectivity index (χ0v) is 19.4. The van der Waals surface area contributed by atoms with E-state index in [1.165, 1.54) is 17.3 Å². The second-order valence-electron chi connectivity index (χ2n) is 7.90. The molecule has 1 amide bonds. The second-order valence-corrected chi connectivity index (χ2v) is 9.21. The molecule has 0 spiro atoms. The summed E-state index contributed by atoms with van der Waals surface area (Å²) in [6.07, 6.45) is 2.66. The highest BCUT2D eigenvalue weighted by Gasteiger charge is 2.28. The van der Waals surface area contributed by atoms with Crippen LogP contribution in [-0.4, -0.2) is 40.5 Å². The van der Waals surface area contributed by atoms with Crippen LogP contribution >= 0.6 is 11.8 Å². The van der Waals surface area contributed by atoms with Gasteiger partial charge in [0.15, 0.2) is 5.16 Å². The summed E-state index contributed by atoms with van der Waals surface area (Å²) in [5, 5.41) is 0.806. The number of aromatic nitrogens is 2. The number of benzene rings is 2. The quantitative estimate of drug-likeness (QED) is 0.291. The molecule has 0 bridgehead atoms. The van der Waals surface area contributed by atoms with Crippen LogP contribution in [0.15, 0.2) is 58.5 Å². The number of hydrogen-bond donors (Lipinski definition) is 0. The first kappa shape index (κ1) is 22.6. The number of carbonyl (C=O) groups excluding carboxylic acids is 1. The molecule has 2 heterocycles. The largest absolute Gasteiger partial charge is 0.382 e. The Balaban J connectivity index is 1.61. The Morgan fingerprint density at radius 3 is 2.81 bits per heavy atom. The monoisotopic (exact) mass is 451 g/mol. The summed E-state index contributed by atoms with van der Waals surface area (Å²) in [5.74, 6) is 0.0467. The summed E-state index contributed by atoms with van der Waals surface area (Å²) in [7, 11) is 0. The van der Waals surface area contributed by atoms with Crippen LogP contribution in [0.25, 0.3) is 10.9 Å². The molecule has 0 aliphatic carbocycles. The third-order valence-electron chi connectivity index (χ3n) is 5.71. The van der Waals surface area contributed by atoms with Crippen molar-refractivity contribution in [2.45, 2.75) is 50.1 Å². The van der Waals surface area contributed by atoms with Crippen LogP contribution in [0.4, 0.5) is 5.69 Å². The molecule has 7 heteroatoms. The van der Waals surface area contributed by atoms with E-state index in [0.717, 1.165) is 18.5 Å². The van der Waals surface area contributed by atoms with Crippen molar-refractivity contribution >= 4 is 34.3 Å². The number of aryl methyl sites for hydroxylation is 1. The molecule has 0 saturated heterocycles. The molecule has 0 radical (unpaired) electrons. The van der Waals surface area contributed by atoms with Gasteiger partial charge in [0.25, 0.3) is 5.56 Å². The molecule has 0 saturated carbocycles. The topological polar surface area (TPSA) is 64.4 Å². The van der Waals surface area contributed by atoms with E-state index in [-0.39, 0.29) is 16.7 Å². The fraction of sp³-hybridized carbons (Fsp3) is 0.400. The SMILES string of the molecule is CCOCCCn1c(SC(C)C(=O)N2CCCc3ccccc32)nc2ccccc2c1=O. The Labute approximate surface area is 192 Å². The average molecular weight is 452 g/mol. The molecule has 1 atom stereocenters. The van der Waals surface area contributed by atoms with Crippen LogP contribution in [0, 0.1) is 0 Å². The number of thioether (sulfide) groups is 1. The minimum Gasteiger partial charge on any atom is -0.382 e. The standard InChI is InChI=1S/C25H29N3O3S/c1-3-31-17-9-16-28-24(30)20-12-5-6-13-21(20)26-25(28)32-18(2)23(29)27-15-8-11-19-10-4-7-14-22(19)27/h4-7,10,12-14,18H,3,8-9,11,15-17H2,1-2H3. The first-order chi connectivity index (χ1) is 15.6. The van der Waals surface area contributed by atoms with Crippen LogP contribution in [0.1, 0.15) is 32.3 Å². The van der Waals surface area contributed by atoms with Crippen LogP contribution < -0.4 is 10.5 Å². The number of hydrogen-bond acceptors (Lipinski definition) is 5. The van der Waals surface area contributed by atoms with Gasteiger partial charge in [-0.3, -0.25) is 14.2 Å². The molecule has 6 nitrogen and oxygen atoms in total. The van der Waals surface area contributed by atoms with Crippen molar-refractivity contribution < 1.29 is 9.53 Å². The van der Waals surface area contributed by atoms with Gasteiger partial charge in [0.05, 0.1) is 16.2 Å². The summed E-state index contributed by atoms with van der Waals surface area (Å²) < 4.78 is 7.15. The van der Waals surface area contributed by atoms with Gasteiger partial charge in [0.2, 0.25) is 5.91 Å². The Bertz CT molecular complexity index is 1160. The Morgan fingerprint density at radius 2 is 1.97 bits per heavy atom. The number of rotatable bonds is 8. The Kier molecular flexibility index (Phi) is 7.27. The van der Waals surface area contributed by atoms with Crippen molar-refractivity contribution in [1.29, 1.82) is 0 Å². The average Bonchev–Trinajstić information content (AvgIpc) is 2.82. The van der Waals surface area contributed by atoms with E-state index in [1.54, 1.807) is 10.6 Å². The van der Waals surface area contributed by atoms with Crippen molar-refractivity contribution in [3.63, 3.8) is 0 Å². The molecule has 1 unspecified atom stereocenters. The van der Waals surface area contributed by atoms with E-state index in [4.69, 9.17) is 9.72 Å². The van der Waals surface area contributed by atoms with Gasteiger partial charge in [0.1, 0.15) is 0 Å². The number of ether oxygens (including phenoxy) is 1. The highest BCUT2D eigenvalue weighted by atomic mass is 32.2. The van der Waals surface area contributed by atoms with Crippen molar-refractivity contribution in [3.8, 4) is 0 Å². The Morgan fingerprint density at radius 1 is 1.19 bits per heavy atom. The molecule has 3 aromatic rings. The predicted molar refractivity (Wildman–Crippen MR) is 130 cm³/mol. The molecular weight excluding hydrogens is 422 g/mol. The second kappa shape index (κ2) is 10.3. The summed E-state index contributed by atoms with van der Waals surface area (Å²) in [5.41, 5.74) is 2.79. The summed E-state index contributed by atoms with van der Waals surface area (Å²) in [4.78, 5) is 33.2. The molecule has 168 valence electrons. The number of nitrogens with zero attached hydrogens (tertiary/aromatic N) is 3.